The third kappa shape index (κ3) is 4.04. The molecule has 0 aliphatic carbocycles. The zero-order chi connectivity index (χ0) is 9.03. The maximum Gasteiger partial charge on any atom is 0.208 e. The van der Waals surface area contributed by atoms with E-state index in [1.54, 1.807) is 0 Å². The summed E-state index contributed by atoms with van der Waals surface area (Å²) in [6.45, 7) is 1.91. The molecule has 1 saturated heterocycles. The average Bonchev–Trinajstić information content (AvgIpc) is 2.12. The zero-order valence-corrected chi connectivity index (χ0v) is 8.15. The van der Waals surface area contributed by atoms with Crippen LogP contribution >= 0.6 is 0 Å². The van der Waals surface area contributed by atoms with E-state index in [1.807, 2.05) is 0 Å². The minimum atomic E-state index is -3.02. The Labute approximate surface area is 73.8 Å². The fourth-order valence-corrected chi connectivity index (χ4v) is 2.28. The van der Waals surface area contributed by atoms with Crippen LogP contribution in [0.4, 0.5) is 0 Å². The SMILES string of the molecule is CS(=O)(=O)N[C@H]1CCCNCC1. The van der Waals surface area contributed by atoms with E-state index in [1.165, 1.54) is 6.26 Å². The van der Waals surface area contributed by atoms with Crippen LogP contribution in [-0.2, 0) is 10.0 Å². The maximum absolute atomic E-state index is 10.9. The Morgan fingerprint density at radius 1 is 1.33 bits per heavy atom. The van der Waals surface area contributed by atoms with Crippen LogP contribution in [0.1, 0.15) is 19.3 Å². The molecule has 5 heteroatoms. The van der Waals surface area contributed by atoms with Crippen LogP contribution in [0.2, 0.25) is 0 Å². The van der Waals surface area contributed by atoms with Crippen molar-refractivity contribution in [3.63, 3.8) is 0 Å². The minimum absolute atomic E-state index is 0.134. The standard InChI is InChI=1S/C7H16N2O2S/c1-12(10,11)9-7-3-2-5-8-6-4-7/h7-9H,2-6H2,1H3/t7-/m0/s1. The van der Waals surface area contributed by atoms with Crippen LogP contribution < -0.4 is 10.0 Å². The highest BCUT2D eigenvalue weighted by Gasteiger charge is 2.14. The predicted molar refractivity (Wildman–Crippen MR) is 48.5 cm³/mol. The Morgan fingerprint density at radius 2 is 2.08 bits per heavy atom. The van der Waals surface area contributed by atoms with Gasteiger partial charge >= 0.3 is 0 Å². The van der Waals surface area contributed by atoms with Gasteiger partial charge in [-0.15, -0.1) is 0 Å². The van der Waals surface area contributed by atoms with Gasteiger partial charge in [-0.2, -0.15) is 0 Å². The average molecular weight is 192 g/mol. The van der Waals surface area contributed by atoms with Gasteiger partial charge < -0.3 is 5.32 Å². The van der Waals surface area contributed by atoms with Crippen molar-refractivity contribution in [3.8, 4) is 0 Å². The molecule has 0 aromatic rings. The van der Waals surface area contributed by atoms with Gasteiger partial charge in [0, 0.05) is 6.04 Å². The van der Waals surface area contributed by atoms with Crippen molar-refractivity contribution in [1.29, 1.82) is 0 Å². The molecule has 12 heavy (non-hydrogen) atoms. The van der Waals surface area contributed by atoms with E-state index >= 15 is 0 Å². The van der Waals surface area contributed by atoms with Gasteiger partial charge in [-0.3, -0.25) is 0 Å². The van der Waals surface area contributed by atoms with Gasteiger partial charge in [-0.05, 0) is 32.4 Å². The molecule has 1 aliphatic heterocycles. The van der Waals surface area contributed by atoms with E-state index in [0.717, 1.165) is 32.4 Å². The van der Waals surface area contributed by atoms with E-state index in [4.69, 9.17) is 0 Å². The predicted octanol–water partition coefficient (Wildman–Crippen LogP) is -0.322. The molecule has 72 valence electrons. The normalized spacial score (nSPS) is 26.6. The second-order valence-electron chi connectivity index (χ2n) is 3.27. The summed E-state index contributed by atoms with van der Waals surface area (Å²) in [6.07, 6.45) is 4.10. The summed E-state index contributed by atoms with van der Waals surface area (Å²) in [6, 6.07) is 0.134. The molecule has 1 atom stereocenters. The smallest absolute Gasteiger partial charge is 0.208 e. The van der Waals surface area contributed by atoms with E-state index in [-0.39, 0.29) is 6.04 Å². The Balaban J connectivity index is 2.40. The number of nitrogens with one attached hydrogen (secondary N) is 2. The van der Waals surface area contributed by atoms with Crippen LogP contribution in [0.5, 0.6) is 0 Å². The van der Waals surface area contributed by atoms with E-state index in [2.05, 4.69) is 10.0 Å². The van der Waals surface area contributed by atoms with E-state index < -0.39 is 10.0 Å². The lowest BCUT2D eigenvalue weighted by molar-refractivity contribution is 0.522. The molecule has 0 unspecified atom stereocenters. The van der Waals surface area contributed by atoms with Gasteiger partial charge in [0.15, 0.2) is 0 Å². The molecule has 0 radical (unpaired) electrons. The first-order valence-corrected chi connectivity index (χ1v) is 6.15. The van der Waals surface area contributed by atoms with Crippen LogP contribution in [0.25, 0.3) is 0 Å². The van der Waals surface area contributed by atoms with Crippen LogP contribution in [0.3, 0.4) is 0 Å². The lowest BCUT2D eigenvalue weighted by atomic mass is 10.1. The molecule has 0 amide bonds. The van der Waals surface area contributed by atoms with Crippen LogP contribution in [0, 0.1) is 0 Å². The topological polar surface area (TPSA) is 58.2 Å². The third-order valence-corrected chi connectivity index (χ3v) is 2.72. The Kier molecular flexibility index (Phi) is 3.49. The highest BCUT2D eigenvalue weighted by molar-refractivity contribution is 7.88. The molecule has 0 spiro atoms. The summed E-state index contributed by atoms with van der Waals surface area (Å²) in [7, 11) is -3.02. The zero-order valence-electron chi connectivity index (χ0n) is 7.34. The fraction of sp³-hybridized carbons (Fsp3) is 1.00. The van der Waals surface area contributed by atoms with E-state index in [9.17, 15) is 8.42 Å². The molecule has 1 aliphatic rings. The number of hydrogen-bond donors (Lipinski definition) is 2. The van der Waals surface area contributed by atoms with Crippen LogP contribution in [0.15, 0.2) is 0 Å². The maximum atomic E-state index is 10.9. The minimum Gasteiger partial charge on any atom is -0.317 e. The highest BCUT2D eigenvalue weighted by Crippen LogP contribution is 2.05. The second kappa shape index (κ2) is 4.20. The number of sulfonamides is 1. The van der Waals surface area contributed by atoms with Gasteiger partial charge in [0.25, 0.3) is 0 Å². The van der Waals surface area contributed by atoms with Crippen molar-refractivity contribution in [1.82, 2.24) is 10.0 Å². The third-order valence-electron chi connectivity index (χ3n) is 1.96. The Morgan fingerprint density at radius 3 is 2.75 bits per heavy atom. The molecule has 1 heterocycles. The van der Waals surface area contributed by atoms with Gasteiger partial charge in [0.1, 0.15) is 0 Å². The molecule has 0 aromatic carbocycles. The summed E-state index contributed by atoms with van der Waals surface area (Å²) in [4.78, 5) is 0. The number of rotatable bonds is 2. The monoisotopic (exact) mass is 192 g/mol. The Bertz CT molecular complexity index is 218. The lowest BCUT2D eigenvalue weighted by Crippen LogP contribution is -2.34. The summed E-state index contributed by atoms with van der Waals surface area (Å²) >= 11 is 0. The summed E-state index contributed by atoms with van der Waals surface area (Å²) in [5.74, 6) is 0. The van der Waals surface area contributed by atoms with Crippen molar-refractivity contribution in [2.45, 2.75) is 25.3 Å². The van der Waals surface area contributed by atoms with E-state index in [0.29, 0.717) is 0 Å². The lowest BCUT2D eigenvalue weighted by Gasteiger charge is -2.13. The second-order valence-corrected chi connectivity index (χ2v) is 5.05. The molecule has 1 fully saturated rings. The Hall–Kier alpha value is -0.130. The van der Waals surface area contributed by atoms with Gasteiger partial charge in [0.2, 0.25) is 10.0 Å². The largest absolute Gasteiger partial charge is 0.317 e. The van der Waals surface area contributed by atoms with Crippen molar-refractivity contribution in [2.24, 2.45) is 0 Å². The fourth-order valence-electron chi connectivity index (χ4n) is 1.44. The molecule has 0 aromatic heterocycles. The summed E-state index contributed by atoms with van der Waals surface area (Å²) < 4.78 is 24.4. The summed E-state index contributed by atoms with van der Waals surface area (Å²) in [5, 5.41) is 3.23. The molecular formula is C7H16N2O2S. The molecule has 1 rings (SSSR count). The first-order valence-electron chi connectivity index (χ1n) is 4.26. The molecule has 0 saturated carbocycles. The first kappa shape index (κ1) is 9.95. The molecule has 4 nitrogen and oxygen atoms in total. The van der Waals surface area contributed by atoms with Crippen LogP contribution in [-0.4, -0.2) is 33.8 Å². The van der Waals surface area contributed by atoms with Crippen molar-refractivity contribution < 1.29 is 8.42 Å². The molecule has 2 N–H and O–H groups in total. The van der Waals surface area contributed by atoms with Crippen molar-refractivity contribution in [3.05, 3.63) is 0 Å². The number of hydrogen-bond acceptors (Lipinski definition) is 3. The quantitative estimate of drug-likeness (QED) is 0.630. The summed E-state index contributed by atoms with van der Waals surface area (Å²) in [5.41, 5.74) is 0. The van der Waals surface area contributed by atoms with Gasteiger partial charge in [0.05, 0.1) is 6.26 Å². The molecule has 0 bridgehead atoms. The van der Waals surface area contributed by atoms with Gasteiger partial charge in [-0.25, -0.2) is 13.1 Å². The van der Waals surface area contributed by atoms with Crippen molar-refractivity contribution >= 4 is 10.0 Å². The van der Waals surface area contributed by atoms with Gasteiger partial charge in [-0.1, -0.05) is 0 Å². The van der Waals surface area contributed by atoms with Crippen molar-refractivity contribution in [2.75, 3.05) is 19.3 Å². The first-order chi connectivity index (χ1) is 5.58. The molecular weight excluding hydrogens is 176 g/mol. The highest BCUT2D eigenvalue weighted by atomic mass is 32.2.